The fourth-order valence-electron chi connectivity index (χ4n) is 2.37. The van der Waals surface area contributed by atoms with Gasteiger partial charge in [0.1, 0.15) is 5.75 Å². The van der Waals surface area contributed by atoms with E-state index in [0.717, 1.165) is 22.6 Å². The normalized spacial score (nSPS) is 11.7. The van der Waals surface area contributed by atoms with Crippen LogP contribution in [0.1, 0.15) is 11.1 Å². The second kappa shape index (κ2) is 8.80. The van der Waals surface area contributed by atoms with Crippen LogP contribution in [0.5, 0.6) is 17.2 Å². The highest BCUT2D eigenvalue weighted by atomic mass is 35.5. The summed E-state index contributed by atoms with van der Waals surface area (Å²) in [4.78, 5) is 10.9. The Morgan fingerprint density at radius 2 is 1.96 bits per heavy atom. The van der Waals surface area contributed by atoms with Crippen molar-refractivity contribution < 1.29 is 19.0 Å². The topological polar surface area (TPSA) is 82.8 Å². The van der Waals surface area contributed by atoms with E-state index in [4.69, 9.17) is 31.5 Å². The number of amides is 1. The molecular formula is C17H18Cl2N2O4. The van der Waals surface area contributed by atoms with Crippen molar-refractivity contribution in [3.63, 3.8) is 0 Å². The first-order chi connectivity index (χ1) is 11.6. The summed E-state index contributed by atoms with van der Waals surface area (Å²) in [6, 6.07) is 11.0. The Kier molecular flexibility index (Phi) is 6.75. The number of benzene rings is 2. The summed E-state index contributed by atoms with van der Waals surface area (Å²) in [7, 11) is 0. The number of carbonyl (C=O) groups excluding carboxylic acids is 1. The molecule has 3 N–H and O–H groups in total. The largest absolute Gasteiger partial charge is 0.483 e. The van der Waals surface area contributed by atoms with Crippen molar-refractivity contribution in [1.29, 1.82) is 0 Å². The molecule has 0 unspecified atom stereocenters. The van der Waals surface area contributed by atoms with Gasteiger partial charge in [0.25, 0.3) is 5.91 Å². The second-order valence-electron chi connectivity index (χ2n) is 5.30. The van der Waals surface area contributed by atoms with Crippen molar-refractivity contribution in [3.8, 4) is 17.2 Å². The van der Waals surface area contributed by atoms with Crippen LogP contribution in [0.25, 0.3) is 0 Å². The highest BCUT2D eigenvalue weighted by Crippen LogP contribution is 2.32. The van der Waals surface area contributed by atoms with Gasteiger partial charge in [0.2, 0.25) is 6.79 Å². The Labute approximate surface area is 156 Å². The van der Waals surface area contributed by atoms with E-state index in [9.17, 15) is 4.79 Å². The van der Waals surface area contributed by atoms with Crippen molar-refractivity contribution >= 4 is 29.9 Å². The fraction of sp³-hybridized carbons (Fsp3) is 0.235. The number of primary amides is 1. The molecule has 0 bridgehead atoms. The van der Waals surface area contributed by atoms with E-state index >= 15 is 0 Å². The number of nitrogens with two attached hydrogens (primary N) is 1. The zero-order valence-electron chi connectivity index (χ0n) is 13.3. The number of hydrogen-bond acceptors (Lipinski definition) is 5. The van der Waals surface area contributed by atoms with Gasteiger partial charge in [-0.25, -0.2) is 0 Å². The van der Waals surface area contributed by atoms with Gasteiger partial charge in [-0.1, -0.05) is 17.7 Å². The first-order valence-electron chi connectivity index (χ1n) is 7.40. The fourth-order valence-corrected chi connectivity index (χ4v) is 2.56. The number of hydrogen-bond donors (Lipinski definition) is 2. The molecule has 2 aromatic rings. The molecule has 1 heterocycles. The van der Waals surface area contributed by atoms with Crippen molar-refractivity contribution in [1.82, 2.24) is 5.32 Å². The number of rotatable bonds is 7. The minimum absolute atomic E-state index is 0. The number of halogens is 2. The molecule has 25 heavy (non-hydrogen) atoms. The highest BCUT2D eigenvalue weighted by molar-refractivity contribution is 6.30. The molecule has 3 rings (SSSR count). The lowest BCUT2D eigenvalue weighted by atomic mass is 10.1. The van der Waals surface area contributed by atoms with E-state index in [1.807, 2.05) is 18.2 Å². The summed E-state index contributed by atoms with van der Waals surface area (Å²) in [5.74, 6) is 1.57. The quantitative estimate of drug-likeness (QED) is 0.766. The summed E-state index contributed by atoms with van der Waals surface area (Å²) >= 11 is 6.03. The molecule has 0 saturated carbocycles. The van der Waals surface area contributed by atoms with Gasteiger partial charge in [0.15, 0.2) is 18.1 Å². The summed E-state index contributed by atoms with van der Waals surface area (Å²) in [5.41, 5.74) is 7.03. The first kappa shape index (κ1) is 19.2. The zero-order chi connectivity index (χ0) is 16.9. The Morgan fingerprint density at radius 1 is 1.16 bits per heavy atom. The van der Waals surface area contributed by atoms with E-state index in [2.05, 4.69) is 5.32 Å². The molecule has 8 heteroatoms. The highest BCUT2D eigenvalue weighted by Gasteiger charge is 2.13. The van der Waals surface area contributed by atoms with Gasteiger partial charge in [0, 0.05) is 23.7 Å². The molecule has 0 aliphatic carbocycles. The third kappa shape index (κ3) is 5.16. The lowest BCUT2D eigenvalue weighted by Crippen LogP contribution is -2.21. The predicted octanol–water partition coefficient (Wildman–Crippen LogP) is 2.64. The first-order valence-corrected chi connectivity index (χ1v) is 7.78. The maximum atomic E-state index is 10.9. The molecular weight excluding hydrogens is 367 g/mol. The third-order valence-electron chi connectivity index (χ3n) is 3.47. The molecule has 0 saturated heterocycles. The monoisotopic (exact) mass is 384 g/mol. The second-order valence-corrected chi connectivity index (χ2v) is 5.73. The van der Waals surface area contributed by atoms with Gasteiger partial charge in [-0.3, -0.25) is 4.79 Å². The van der Waals surface area contributed by atoms with Crippen LogP contribution in [-0.2, 0) is 17.9 Å². The van der Waals surface area contributed by atoms with Crippen molar-refractivity contribution in [3.05, 3.63) is 52.5 Å². The van der Waals surface area contributed by atoms with Gasteiger partial charge in [0.05, 0.1) is 0 Å². The van der Waals surface area contributed by atoms with Gasteiger partial charge in [-0.15, -0.1) is 12.4 Å². The van der Waals surface area contributed by atoms with Crippen molar-refractivity contribution in [2.24, 2.45) is 5.73 Å². The van der Waals surface area contributed by atoms with Crippen LogP contribution < -0.4 is 25.3 Å². The van der Waals surface area contributed by atoms with Crippen LogP contribution in [0.15, 0.2) is 36.4 Å². The number of ether oxygens (including phenoxy) is 3. The van der Waals surface area contributed by atoms with E-state index < -0.39 is 5.91 Å². The smallest absolute Gasteiger partial charge is 0.255 e. The van der Waals surface area contributed by atoms with E-state index in [-0.39, 0.29) is 25.8 Å². The lowest BCUT2D eigenvalue weighted by molar-refractivity contribution is -0.119. The van der Waals surface area contributed by atoms with Gasteiger partial charge >= 0.3 is 0 Å². The van der Waals surface area contributed by atoms with Crippen molar-refractivity contribution in [2.75, 3.05) is 13.4 Å². The molecule has 0 radical (unpaired) electrons. The van der Waals surface area contributed by atoms with Crippen LogP contribution in [-0.4, -0.2) is 19.3 Å². The predicted molar refractivity (Wildman–Crippen MR) is 96.5 cm³/mol. The summed E-state index contributed by atoms with van der Waals surface area (Å²) in [6.45, 7) is 1.26. The molecule has 2 aromatic carbocycles. The van der Waals surface area contributed by atoms with Crippen LogP contribution in [0, 0.1) is 0 Å². The van der Waals surface area contributed by atoms with Crippen LogP contribution >= 0.6 is 24.0 Å². The lowest BCUT2D eigenvalue weighted by Gasteiger charge is -2.12. The average molecular weight is 385 g/mol. The standard InChI is InChI=1S/C17H17ClN2O4.ClH/c18-13-2-4-14(22-9-17(19)21)12(6-13)8-20-7-11-1-3-15-16(5-11)24-10-23-15;/h1-6,20H,7-10H2,(H2,19,21);1H. The van der Waals surface area contributed by atoms with Crippen LogP contribution in [0.3, 0.4) is 0 Å². The number of fused-ring (bicyclic) bond motifs is 1. The van der Waals surface area contributed by atoms with Crippen molar-refractivity contribution in [2.45, 2.75) is 13.1 Å². The zero-order valence-corrected chi connectivity index (χ0v) is 14.9. The summed E-state index contributed by atoms with van der Waals surface area (Å²) in [5, 5.41) is 3.91. The Hall–Kier alpha value is -2.15. The molecule has 1 amide bonds. The SMILES string of the molecule is Cl.NC(=O)COc1ccc(Cl)cc1CNCc1ccc2c(c1)OCO2. The molecule has 0 aromatic heterocycles. The maximum absolute atomic E-state index is 10.9. The number of nitrogens with one attached hydrogen (secondary N) is 1. The Balaban J connectivity index is 0.00000225. The minimum Gasteiger partial charge on any atom is -0.483 e. The molecule has 1 aliphatic rings. The van der Waals surface area contributed by atoms with Crippen LogP contribution in [0.4, 0.5) is 0 Å². The van der Waals surface area contributed by atoms with E-state index in [0.29, 0.717) is 23.9 Å². The number of carbonyl (C=O) groups is 1. The summed E-state index contributed by atoms with van der Waals surface area (Å²) < 4.78 is 16.1. The van der Waals surface area contributed by atoms with Gasteiger partial charge in [-0.2, -0.15) is 0 Å². The molecule has 1 aliphatic heterocycles. The molecule has 134 valence electrons. The molecule has 0 atom stereocenters. The molecule has 6 nitrogen and oxygen atoms in total. The minimum atomic E-state index is -0.524. The third-order valence-corrected chi connectivity index (χ3v) is 3.71. The Bertz CT molecular complexity index is 755. The van der Waals surface area contributed by atoms with Crippen LogP contribution in [0.2, 0.25) is 5.02 Å². The van der Waals surface area contributed by atoms with E-state index in [1.165, 1.54) is 0 Å². The molecule has 0 fully saturated rings. The van der Waals surface area contributed by atoms with Gasteiger partial charge in [-0.05, 0) is 35.9 Å². The molecule has 0 spiro atoms. The van der Waals surface area contributed by atoms with E-state index in [1.54, 1.807) is 18.2 Å². The Morgan fingerprint density at radius 3 is 2.76 bits per heavy atom. The average Bonchev–Trinajstić information content (AvgIpc) is 3.01. The maximum Gasteiger partial charge on any atom is 0.255 e. The summed E-state index contributed by atoms with van der Waals surface area (Å²) in [6.07, 6.45) is 0. The van der Waals surface area contributed by atoms with Gasteiger partial charge < -0.3 is 25.3 Å².